The van der Waals surface area contributed by atoms with Crippen LogP contribution in [0.2, 0.25) is 0 Å². The molecular formula is C19H18FN3O3S. The molecule has 1 amide bonds. The molecule has 0 bridgehead atoms. The monoisotopic (exact) mass is 387 g/mol. The Morgan fingerprint density at radius 3 is 2.74 bits per heavy atom. The van der Waals surface area contributed by atoms with E-state index in [0.717, 1.165) is 11.8 Å². The molecule has 2 aromatic carbocycles. The highest BCUT2D eigenvalue weighted by Gasteiger charge is 2.20. The lowest BCUT2D eigenvalue weighted by Gasteiger charge is -2.13. The van der Waals surface area contributed by atoms with Gasteiger partial charge in [-0.3, -0.25) is 4.79 Å². The van der Waals surface area contributed by atoms with Gasteiger partial charge < -0.3 is 14.5 Å². The molecule has 0 fully saturated rings. The van der Waals surface area contributed by atoms with E-state index in [1.807, 2.05) is 19.1 Å². The fraction of sp³-hybridized carbons (Fsp3) is 0.211. The first-order valence-corrected chi connectivity index (χ1v) is 9.24. The number of para-hydroxylation sites is 2. The van der Waals surface area contributed by atoms with E-state index in [0.29, 0.717) is 18.0 Å². The maximum absolute atomic E-state index is 13.8. The minimum atomic E-state index is -0.506. The average Bonchev–Trinajstić information content (AvgIpc) is 3.12. The number of nitrogens with zero attached hydrogens (tertiary/aromatic N) is 2. The zero-order chi connectivity index (χ0) is 19.2. The highest BCUT2D eigenvalue weighted by Crippen LogP contribution is 2.29. The summed E-state index contributed by atoms with van der Waals surface area (Å²) >= 11 is 1.10. The Morgan fingerprint density at radius 1 is 1.22 bits per heavy atom. The van der Waals surface area contributed by atoms with Crippen molar-refractivity contribution in [2.75, 3.05) is 11.9 Å². The molecule has 1 heterocycles. The van der Waals surface area contributed by atoms with E-state index in [2.05, 4.69) is 15.5 Å². The molecule has 1 N–H and O–H groups in total. The van der Waals surface area contributed by atoms with Crippen LogP contribution >= 0.6 is 11.8 Å². The van der Waals surface area contributed by atoms with Crippen LogP contribution in [0, 0.1) is 5.82 Å². The first kappa shape index (κ1) is 18.9. The summed E-state index contributed by atoms with van der Waals surface area (Å²) in [5, 5.41) is 10.2. The maximum Gasteiger partial charge on any atom is 0.277 e. The average molecular weight is 387 g/mol. The number of nitrogens with one attached hydrogen (secondary N) is 1. The maximum atomic E-state index is 13.8. The van der Waals surface area contributed by atoms with Gasteiger partial charge in [0.25, 0.3) is 11.1 Å². The third-order valence-corrected chi connectivity index (χ3v) is 4.54. The third-order valence-electron chi connectivity index (χ3n) is 3.60. The number of rotatable bonds is 7. The molecule has 0 aliphatic heterocycles. The van der Waals surface area contributed by atoms with E-state index in [-0.39, 0.29) is 22.6 Å². The molecule has 3 aromatic rings. The minimum Gasteiger partial charge on any atom is -0.492 e. The fourth-order valence-electron chi connectivity index (χ4n) is 2.29. The number of anilines is 1. The Kier molecular flexibility index (Phi) is 6.08. The molecule has 0 spiro atoms. The summed E-state index contributed by atoms with van der Waals surface area (Å²) in [5.74, 6) is -0.0103. The SMILES string of the molecule is CCOc1ccccc1NC(=O)[C@H](C)Sc1nnc(-c2ccccc2F)o1. The predicted molar refractivity (Wildman–Crippen MR) is 101 cm³/mol. The molecule has 0 saturated carbocycles. The van der Waals surface area contributed by atoms with Crippen molar-refractivity contribution in [2.24, 2.45) is 0 Å². The van der Waals surface area contributed by atoms with E-state index in [4.69, 9.17) is 9.15 Å². The van der Waals surface area contributed by atoms with Crippen molar-refractivity contribution in [1.29, 1.82) is 0 Å². The van der Waals surface area contributed by atoms with Crippen LogP contribution in [0.4, 0.5) is 10.1 Å². The first-order chi connectivity index (χ1) is 13.1. The predicted octanol–water partition coefficient (Wildman–Crippen LogP) is 4.39. The number of benzene rings is 2. The summed E-state index contributed by atoms with van der Waals surface area (Å²) < 4.78 is 24.8. The van der Waals surface area contributed by atoms with Crippen LogP contribution in [0.1, 0.15) is 13.8 Å². The normalized spacial score (nSPS) is 11.8. The molecule has 0 aliphatic carbocycles. The topological polar surface area (TPSA) is 77.2 Å². The van der Waals surface area contributed by atoms with E-state index in [9.17, 15) is 9.18 Å². The number of carbonyl (C=O) groups is 1. The van der Waals surface area contributed by atoms with Gasteiger partial charge >= 0.3 is 0 Å². The molecule has 3 rings (SSSR count). The molecule has 0 saturated heterocycles. The van der Waals surface area contributed by atoms with Crippen LogP contribution in [0.25, 0.3) is 11.5 Å². The molecule has 6 nitrogen and oxygen atoms in total. The lowest BCUT2D eigenvalue weighted by atomic mass is 10.2. The summed E-state index contributed by atoms with van der Waals surface area (Å²) in [6.07, 6.45) is 0. The Balaban J connectivity index is 1.66. The number of thioether (sulfide) groups is 1. The van der Waals surface area contributed by atoms with Crippen molar-refractivity contribution >= 4 is 23.4 Å². The molecule has 0 unspecified atom stereocenters. The van der Waals surface area contributed by atoms with Crippen molar-refractivity contribution in [1.82, 2.24) is 10.2 Å². The summed E-state index contributed by atoms with van der Waals surface area (Å²) in [6.45, 7) is 4.09. The summed E-state index contributed by atoms with van der Waals surface area (Å²) in [6, 6.07) is 13.3. The van der Waals surface area contributed by atoms with E-state index >= 15 is 0 Å². The van der Waals surface area contributed by atoms with Crippen molar-refractivity contribution in [2.45, 2.75) is 24.3 Å². The number of aromatic nitrogens is 2. The molecule has 27 heavy (non-hydrogen) atoms. The summed E-state index contributed by atoms with van der Waals surface area (Å²) in [4.78, 5) is 12.5. The highest BCUT2D eigenvalue weighted by atomic mass is 32.2. The molecule has 140 valence electrons. The molecule has 1 aromatic heterocycles. The van der Waals surface area contributed by atoms with Gasteiger partial charge in [0, 0.05) is 0 Å². The third kappa shape index (κ3) is 4.65. The van der Waals surface area contributed by atoms with Crippen LogP contribution in [0.3, 0.4) is 0 Å². The largest absolute Gasteiger partial charge is 0.492 e. The zero-order valence-corrected chi connectivity index (χ0v) is 15.6. The van der Waals surface area contributed by atoms with Gasteiger partial charge in [-0.05, 0) is 38.1 Å². The van der Waals surface area contributed by atoms with E-state index in [1.54, 1.807) is 37.3 Å². The Bertz CT molecular complexity index is 932. The number of hydrogen-bond acceptors (Lipinski definition) is 6. The fourth-order valence-corrected chi connectivity index (χ4v) is 2.97. The lowest BCUT2D eigenvalue weighted by Crippen LogP contribution is -2.22. The number of hydrogen-bond donors (Lipinski definition) is 1. The van der Waals surface area contributed by atoms with Gasteiger partial charge in [-0.15, -0.1) is 10.2 Å². The molecule has 0 aliphatic rings. The number of amides is 1. The van der Waals surface area contributed by atoms with Crippen LogP contribution in [-0.2, 0) is 4.79 Å². The Hall–Kier alpha value is -2.87. The number of carbonyl (C=O) groups excluding carboxylic acids is 1. The Morgan fingerprint density at radius 2 is 1.96 bits per heavy atom. The minimum absolute atomic E-state index is 0.0740. The smallest absolute Gasteiger partial charge is 0.277 e. The van der Waals surface area contributed by atoms with Gasteiger partial charge in [-0.1, -0.05) is 36.0 Å². The molecular weight excluding hydrogens is 369 g/mol. The number of ether oxygens (including phenoxy) is 1. The molecule has 0 radical (unpaired) electrons. The number of halogens is 1. The second kappa shape index (κ2) is 8.68. The van der Waals surface area contributed by atoms with Crippen molar-refractivity contribution in [3.05, 3.63) is 54.3 Å². The van der Waals surface area contributed by atoms with Crippen LogP contribution in [0.15, 0.2) is 58.2 Å². The quantitative estimate of drug-likeness (QED) is 0.606. The van der Waals surface area contributed by atoms with Crippen molar-refractivity contribution in [3.8, 4) is 17.2 Å². The van der Waals surface area contributed by atoms with Gasteiger partial charge in [0.15, 0.2) is 0 Å². The lowest BCUT2D eigenvalue weighted by molar-refractivity contribution is -0.115. The Labute approximate surface area is 160 Å². The van der Waals surface area contributed by atoms with Gasteiger partial charge in [-0.25, -0.2) is 4.39 Å². The molecule has 8 heteroatoms. The standard InChI is InChI=1S/C19H18FN3O3S/c1-3-25-16-11-7-6-10-15(16)21-17(24)12(2)27-19-23-22-18(26-19)13-8-4-5-9-14(13)20/h4-12H,3H2,1-2H3,(H,21,24)/t12-/m0/s1. The van der Waals surface area contributed by atoms with Crippen molar-refractivity contribution in [3.63, 3.8) is 0 Å². The van der Waals surface area contributed by atoms with Gasteiger partial charge in [0.2, 0.25) is 5.91 Å². The molecule has 1 atom stereocenters. The van der Waals surface area contributed by atoms with Crippen LogP contribution in [0.5, 0.6) is 5.75 Å². The van der Waals surface area contributed by atoms with E-state index in [1.165, 1.54) is 6.07 Å². The van der Waals surface area contributed by atoms with Gasteiger partial charge in [0.05, 0.1) is 23.1 Å². The van der Waals surface area contributed by atoms with Gasteiger partial charge in [0.1, 0.15) is 11.6 Å². The highest BCUT2D eigenvalue weighted by molar-refractivity contribution is 8.00. The zero-order valence-electron chi connectivity index (χ0n) is 14.8. The van der Waals surface area contributed by atoms with E-state index < -0.39 is 11.1 Å². The second-order valence-electron chi connectivity index (χ2n) is 5.53. The summed E-state index contributed by atoms with van der Waals surface area (Å²) in [5.41, 5.74) is 0.814. The first-order valence-electron chi connectivity index (χ1n) is 8.36. The van der Waals surface area contributed by atoms with Crippen LogP contribution in [-0.4, -0.2) is 28.0 Å². The summed E-state index contributed by atoms with van der Waals surface area (Å²) in [7, 11) is 0. The van der Waals surface area contributed by atoms with Gasteiger partial charge in [-0.2, -0.15) is 0 Å². The van der Waals surface area contributed by atoms with Crippen LogP contribution < -0.4 is 10.1 Å². The second-order valence-corrected chi connectivity index (χ2v) is 6.82. The van der Waals surface area contributed by atoms with Crippen molar-refractivity contribution < 1.29 is 18.3 Å².